The second kappa shape index (κ2) is 17.6. The fourth-order valence-corrected chi connectivity index (χ4v) is 5.23. The number of thioether (sulfide) groups is 1. The number of fused-ring (bicyclic) bond motifs is 1. The summed E-state index contributed by atoms with van der Waals surface area (Å²) in [4.78, 5) is 79.3. The Bertz CT molecular complexity index is 1530. The number of benzene rings is 2. The maximum Gasteiger partial charge on any atom is 0.305 e. The van der Waals surface area contributed by atoms with Crippen molar-refractivity contribution in [2.75, 3.05) is 18.6 Å². The van der Waals surface area contributed by atoms with Crippen LogP contribution in [0.15, 0.2) is 60.8 Å². The molecular weight excluding hydrogens is 614 g/mol. The first-order valence-corrected chi connectivity index (χ1v) is 15.9. The number of hydrogen-bond donors (Lipinski definition) is 8. The quantitative estimate of drug-likeness (QED) is 0.0887. The van der Waals surface area contributed by atoms with Crippen LogP contribution in [0.4, 0.5) is 0 Å². The van der Waals surface area contributed by atoms with Crippen LogP contribution in [-0.2, 0) is 41.6 Å². The number of aliphatic carboxylic acids is 1. The first kappa shape index (κ1) is 35.6. The molecule has 0 aliphatic carbocycles. The van der Waals surface area contributed by atoms with E-state index in [-0.39, 0.29) is 25.8 Å². The number of hydrogen-bond acceptors (Lipinski definition) is 8. The second-order valence-corrected chi connectivity index (χ2v) is 11.5. The molecule has 15 heteroatoms. The highest BCUT2D eigenvalue weighted by atomic mass is 32.2. The zero-order valence-electron chi connectivity index (χ0n) is 25.3. The summed E-state index contributed by atoms with van der Waals surface area (Å²) in [6.07, 6.45) is 2.99. The predicted octanol–water partition coefficient (Wildman–Crippen LogP) is -0.436. The van der Waals surface area contributed by atoms with Gasteiger partial charge in [0, 0.05) is 29.9 Å². The Morgan fingerprint density at radius 2 is 1.41 bits per heavy atom. The van der Waals surface area contributed by atoms with E-state index in [1.807, 2.05) is 24.3 Å². The molecule has 0 unspecified atom stereocenters. The Morgan fingerprint density at radius 3 is 2.07 bits per heavy atom. The molecule has 3 rings (SSSR count). The zero-order chi connectivity index (χ0) is 33.6. The summed E-state index contributed by atoms with van der Waals surface area (Å²) in [5, 5.41) is 20.4. The lowest BCUT2D eigenvalue weighted by atomic mass is 10.0. The minimum Gasteiger partial charge on any atom is -0.481 e. The first-order valence-electron chi connectivity index (χ1n) is 14.5. The van der Waals surface area contributed by atoms with Gasteiger partial charge in [-0.25, -0.2) is 0 Å². The molecule has 3 aromatic rings. The Labute approximate surface area is 269 Å². The van der Waals surface area contributed by atoms with E-state index in [0.717, 1.165) is 16.5 Å². The van der Waals surface area contributed by atoms with Crippen molar-refractivity contribution >= 4 is 58.2 Å². The third-order valence-electron chi connectivity index (χ3n) is 7.13. The van der Waals surface area contributed by atoms with Crippen LogP contribution < -0.4 is 32.7 Å². The molecule has 1 heterocycles. The van der Waals surface area contributed by atoms with Crippen LogP contribution in [0.5, 0.6) is 0 Å². The Hall–Kier alpha value is -4.89. The van der Waals surface area contributed by atoms with Gasteiger partial charge in [0.2, 0.25) is 29.5 Å². The lowest BCUT2D eigenvalue weighted by molar-refractivity contribution is -0.141. The minimum atomic E-state index is -1.59. The summed E-state index contributed by atoms with van der Waals surface area (Å²) < 4.78 is 0. The standard InChI is InChI=1S/C31H39N7O7S/c1-46-12-11-22(36-30(44)24(35-26(39)16-32)14-19-17-34-21-10-6-5-9-20(19)21)29(43)38-25(15-27(40)41)31(45)37-23(28(33)42)13-18-7-3-2-4-8-18/h2-10,17,22-25,34H,11-16,32H2,1H3,(H2,33,42)(H,35,39)(H,36,44)(H,37,45)(H,38,43)(H,40,41)/t22-,23-,24-,25-/m0/s1. The van der Waals surface area contributed by atoms with E-state index >= 15 is 0 Å². The molecule has 0 saturated carbocycles. The Balaban J connectivity index is 1.78. The highest BCUT2D eigenvalue weighted by Crippen LogP contribution is 2.19. The summed E-state index contributed by atoms with van der Waals surface area (Å²) in [6.45, 7) is -0.364. The van der Waals surface area contributed by atoms with Gasteiger partial charge in [-0.15, -0.1) is 0 Å². The van der Waals surface area contributed by atoms with E-state index in [9.17, 15) is 33.9 Å². The summed E-state index contributed by atoms with van der Waals surface area (Å²) in [5.41, 5.74) is 13.3. The fourth-order valence-electron chi connectivity index (χ4n) is 4.76. The first-order chi connectivity index (χ1) is 22.0. The van der Waals surface area contributed by atoms with Crippen LogP contribution in [0, 0.1) is 0 Å². The predicted molar refractivity (Wildman–Crippen MR) is 173 cm³/mol. The molecule has 0 bridgehead atoms. The number of H-pyrrole nitrogens is 1. The fraction of sp³-hybridized carbons (Fsp3) is 0.355. The maximum atomic E-state index is 13.5. The summed E-state index contributed by atoms with van der Waals surface area (Å²) in [7, 11) is 0. The number of rotatable bonds is 18. The van der Waals surface area contributed by atoms with E-state index < -0.39 is 66.1 Å². The van der Waals surface area contributed by atoms with Gasteiger partial charge in [-0.05, 0) is 35.6 Å². The van der Waals surface area contributed by atoms with Crippen molar-refractivity contribution in [3.05, 3.63) is 71.9 Å². The normalized spacial score (nSPS) is 13.5. The van der Waals surface area contributed by atoms with Crippen LogP contribution in [-0.4, -0.2) is 88.3 Å². The number of primary amides is 1. The molecule has 246 valence electrons. The number of carboxylic acids is 1. The summed E-state index contributed by atoms with van der Waals surface area (Å²) >= 11 is 1.40. The largest absolute Gasteiger partial charge is 0.481 e. The van der Waals surface area contributed by atoms with Crippen molar-refractivity contribution in [2.45, 2.75) is 49.9 Å². The molecule has 1 aromatic heterocycles. The van der Waals surface area contributed by atoms with Crippen molar-refractivity contribution in [1.29, 1.82) is 0 Å². The molecule has 5 amide bonds. The van der Waals surface area contributed by atoms with Gasteiger partial charge in [-0.1, -0.05) is 48.5 Å². The second-order valence-electron chi connectivity index (χ2n) is 10.5. The van der Waals surface area contributed by atoms with Crippen LogP contribution >= 0.6 is 11.8 Å². The monoisotopic (exact) mass is 653 g/mol. The lowest BCUT2D eigenvalue weighted by Gasteiger charge is -2.25. The van der Waals surface area contributed by atoms with Gasteiger partial charge < -0.3 is 42.8 Å². The van der Waals surface area contributed by atoms with Gasteiger partial charge >= 0.3 is 5.97 Å². The van der Waals surface area contributed by atoms with Crippen molar-refractivity contribution in [3.63, 3.8) is 0 Å². The number of carbonyl (C=O) groups excluding carboxylic acids is 5. The van der Waals surface area contributed by atoms with E-state index in [4.69, 9.17) is 11.5 Å². The van der Waals surface area contributed by atoms with Gasteiger partial charge in [-0.3, -0.25) is 28.8 Å². The van der Waals surface area contributed by atoms with Gasteiger partial charge in [0.05, 0.1) is 13.0 Å². The van der Waals surface area contributed by atoms with Crippen molar-refractivity contribution in [2.24, 2.45) is 11.5 Å². The van der Waals surface area contributed by atoms with Gasteiger partial charge in [0.1, 0.15) is 24.2 Å². The SMILES string of the molecule is CSCC[C@H](NC(=O)[C@H](Cc1c[nH]c2ccccc12)NC(=O)CN)C(=O)N[C@@H](CC(=O)O)C(=O)N[C@@H](Cc1ccccc1)C(N)=O. The molecule has 0 aliphatic heterocycles. The van der Waals surface area contributed by atoms with Crippen molar-refractivity contribution < 1.29 is 33.9 Å². The van der Waals surface area contributed by atoms with Gasteiger partial charge in [0.25, 0.3) is 0 Å². The molecule has 10 N–H and O–H groups in total. The third-order valence-corrected chi connectivity index (χ3v) is 7.78. The summed E-state index contributed by atoms with van der Waals surface area (Å²) in [6, 6.07) is 11.1. The number of nitrogens with two attached hydrogens (primary N) is 2. The number of aromatic nitrogens is 1. The molecule has 4 atom stereocenters. The maximum absolute atomic E-state index is 13.5. The molecule has 0 saturated heterocycles. The average molecular weight is 654 g/mol. The number of amides is 5. The van der Waals surface area contributed by atoms with Crippen LogP contribution in [0.2, 0.25) is 0 Å². The molecule has 2 aromatic carbocycles. The van der Waals surface area contributed by atoms with Crippen LogP contribution in [0.25, 0.3) is 10.9 Å². The molecule has 14 nitrogen and oxygen atoms in total. The van der Waals surface area contributed by atoms with Gasteiger partial charge in [-0.2, -0.15) is 11.8 Å². The molecular formula is C31H39N7O7S. The van der Waals surface area contributed by atoms with Crippen molar-refractivity contribution in [1.82, 2.24) is 26.3 Å². The Kier molecular flexibility index (Phi) is 13.6. The van der Waals surface area contributed by atoms with E-state index in [1.54, 1.807) is 42.8 Å². The zero-order valence-corrected chi connectivity index (χ0v) is 26.1. The third kappa shape index (κ3) is 10.6. The number of nitrogens with one attached hydrogen (secondary N) is 5. The number of carboxylic acid groups (broad SMARTS) is 1. The lowest BCUT2D eigenvalue weighted by Crippen LogP contribution is -2.59. The molecule has 46 heavy (non-hydrogen) atoms. The highest BCUT2D eigenvalue weighted by Gasteiger charge is 2.32. The molecule has 0 spiro atoms. The van der Waals surface area contributed by atoms with E-state index in [2.05, 4.69) is 26.3 Å². The van der Waals surface area contributed by atoms with E-state index in [1.165, 1.54) is 11.8 Å². The smallest absolute Gasteiger partial charge is 0.305 e. The number of aromatic amines is 1. The Morgan fingerprint density at radius 1 is 0.804 bits per heavy atom. The summed E-state index contributed by atoms with van der Waals surface area (Å²) in [5.74, 6) is -4.81. The molecule has 0 fully saturated rings. The van der Waals surface area contributed by atoms with Crippen molar-refractivity contribution in [3.8, 4) is 0 Å². The van der Waals surface area contributed by atoms with Gasteiger partial charge in [0.15, 0.2) is 0 Å². The molecule has 0 radical (unpaired) electrons. The number of para-hydroxylation sites is 1. The van der Waals surface area contributed by atoms with Crippen LogP contribution in [0.3, 0.4) is 0 Å². The molecule has 0 aliphatic rings. The minimum absolute atomic E-state index is 0.0500. The highest BCUT2D eigenvalue weighted by molar-refractivity contribution is 7.98. The number of carbonyl (C=O) groups is 6. The topological polar surface area (TPSA) is 239 Å². The van der Waals surface area contributed by atoms with Crippen LogP contribution in [0.1, 0.15) is 24.0 Å². The van der Waals surface area contributed by atoms with E-state index in [0.29, 0.717) is 11.3 Å². The average Bonchev–Trinajstić information content (AvgIpc) is 3.44.